The maximum absolute atomic E-state index is 12.5. The van der Waals surface area contributed by atoms with Crippen molar-refractivity contribution in [1.29, 1.82) is 0 Å². The molecule has 0 aromatic heterocycles. The molecule has 0 bridgehead atoms. The zero-order valence-corrected chi connectivity index (χ0v) is 17.0. The Labute approximate surface area is 160 Å². The van der Waals surface area contributed by atoms with Crippen LogP contribution in [-0.2, 0) is 20.2 Å². The molecule has 0 amide bonds. The summed E-state index contributed by atoms with van der Waals surface area (Å²) in [4.78, 5) is 0.103. The SMILES string of the molecule is Cc1ccccc1NS(=O)(=O)c1ccc(OCCNS(=O)(=O)N(C)C)cc1. The lowest BCUT2D eigenvalue weighted by atomic mass is 10.2. The van der Waals surface area contributed by atoms with Crippen molar-refractivity contribution in [3.63, 3.8) is 0 Å². The van der Waals surface area contributed by atoms with E-state index in [9.17, 15) is 16.8 Å². The minimum atomic E-state index is -3.71. The summed E-state index contributed by atoms with van der Waals surface area (Å²) in [6, 6.07) is 13.0. The molecule has 0 saturated carbocycles. The standard InChI is InChI=1S/C17H23N3O5S2/c1-14-6-4-5-7-17(14)19-26(21,22)16-10-8-15(9-11-16)25-13-12-18-27(23,24)20(2)3/h4-11,18-19H,12-13H2,1-3H3. The summed E-state index contributed by atoms with van der Waals surface area (Å²) in [5.74, 6) is 0.439. The smallest absolute Gasteiger partial charge is 0.279 e. The van der Waals surface area contributed by atoms with E-state index in [0.717, 1.165) is 9.87 Å². The van der Waals surface area contributed by atoms with Crippen LogP contribution in [0.4, 0.5) is 5.69 Å². The molecule has 0 aliphatic heterocycles. The van der Waals surface area contributed by atoms with E-state index in [1.165, 1.54) is 38.4 Å². The van der Waals surface area contributed by atoms with E-state index in [1.807, 2.05) is 19.1 Å². The Balaban J connectivity index is 1.95. The molecule has 0 aliphatic rings. The molecule has 0 spiro atoms. The van der Waals surface area contributed by atoms with Crippen molar-refractivity contribution < 1.29 is 21.6 Å². The first-order chi connectivity index (χ1) is 12.6. The van der Waals surface area contributed by atoms with Crippen LogP contribution in [-0.4, -0.2) is 48.4 Å². The predicted molar refractivity (Wildman–Crippen MR) is 105 cm³/mol. The molecule has 8 nitrogen and oxygen atoms in total. The molecule has 0 atom stereocenters. The summed E-state index contributed by atoms with van der Waals surface area (Å²) >= 11 is 0. The van der Waals surface area contributed by atoms with Gasteiger partial charge in [0.05, 0.1) is 10.6 Å². The summed E-state index contributed by atoms with van der Waals surface area (Å²) in [7, 11) is -4.36. The molecule has 148 valence electrons. The lowest BCUT2D eigenvalue weighted by Gasteiger charge is -2.13. The number of hydrogen-bond donors (Lipinski definition) is 2. The van der Waals surface area contributed by atoms with E-state index in [-0.39, 0.29) is 18.0 Å². The van der Waals surface area contributed by atoms with E-state index in [0.29, 0.717) is 11.4 Å². The summed E-state index contributed by atoms with van der Waals surface area (Å²) in [6.45, 7) is 2.02. The van der Waals surface area contributed by atoms with E-state index in [4.69, 9.17) is 4.74 Å². The van der Waals surface area contributed by atoms with Gasteiger partial charge in [-0.15, -0.1) is 0 Å². The van der Waals surface area contributed by atoms with Crippen LogP contribution in [0.3, 0.4) is 0 Å². The van der Waals surface area contributed by atoms with Crippen molar-refractivity contribution in [2.24, 2.45) is 0 Å². The number of aryl methyl sites for hydroxylation is 1. The molecule has 2 N–H and O–H groups in total. The monoisotopic (exact) mass is 413 g/mol. The van der Waals surface area contributed by atoms with Crippen LogP contribution in [0.1, 0.15) is 5.56 Å². The number of sulfonamides is 1. The summed E-state index contributed by atoms with van der Waals surface area (Å²) in [5, 5.41) is 0. The van der Waals surface area contributed by atoms with Crippen molar-refractivity contribution in [2.45, 2.75) is 11.8 Å². The van der Waals surface area contributed by atoms with Crippen LogP contribution in [0.2, 0.25) is 0 Å². The van der Waals surface area contributed by atoms with Gasteiger partial charge in [0.25, 0.3) is 20.2 Å². The van der Waals surface area contributed by atoms with Gasteiger partial charge < -0.3 is 4.74 Å². The van der Waals surface area contributed by atoms with Gasteiger partial charge in [0.15, 0.2) is 0 Å². The van der Waals surface area contributed by atoms with Crippen molar-refractivity contribution in [3.05, 3.63) is 54.1 Å². The summed E-state index contributed by atoms with van der Waals surface area (Å²) < 4.78 is 59.5. The van der Waals surface area contributed by atoms with E-state index in [2.05, 4.69) is 9.44 Å². The highest BCUT2D eigenvalue weighted by molar-refractivity contribution is 7.92. The molecular weight excluding hydrogens is 390 g/mol. The largest absolute Gasteiger partial charge is 0.492 e. The van der Waals surface area contributed by atoms with Crippen LogP contribution in [0, 0.1) is 6.92 Å². The summed E-state index contributed by atoms with van der Waals surface area (Å²) in [6.07, 6.45) is 0. The first-order valence-electron chi connectivity index (χ1n) is 8.10. The second-order valence-electron chi connectivity index (χ2n) is 5.92. The minimum absolute atomic E-state index is 0.0927. The summed E-state index contributed by atoms with van der Waals surface area (Å²) in [5.41, 5.74) is 1.34. The number of para-hydroxylation sites is 1. The van der Waals surface area contributed by atoms with Gasteiger partial charge in [0.1, 0.15) is 12.4 Å². The molecule has 0 heterocycles. The predicted octanol–water partition coefficient (Wildman–Crippen LogP) is 1.57. The maximum atomic E-state index is 12.5. The second kappa shape index (κ2) is 8.70. The fourth-order valence-electron chi connectivity index (χ4n) is 2.07. The maximum Gasteiger partial charge on any atom is 0.279 e. The average molecular weight is 414 g/mol. The number of ether oxygens (including phenoxy) is 1. The van der Waals surface area contributed by atoms with Crippen molar-refractivity contribution >= 4 is 25.9 Å². The Kier molecular flexibility index (Phi) is 6.82. The highest BCUT2D eigenvalue weighted by Gasteiger charge is 2.15. The first kappa shape index (κ1) is 21.2. The second-order valence-corrected chi connectivity index (χ2v) is 9.57. The molecule has 2 rings (SSSR count). The van der Waals surface area contributed by atoms with Gasteiger partial charge >= 0.3 is 0 Å². The number of anilines is 1. The lowest BCUT2D eigenvalue weighted by molar-refractivity contribution is 0.321. The lowest BCUT2D eigenvalue weighted by Crippen LogP contribution is -2.37. The molecule has 0 radical (unpaired) electrons. The van der Waals surface area contributed by atoms with Gasteiger partial charge in [-0.2, -0.15) is 17.4 Å². The fourth-order valence-corrected chi connectivity index (χ4v) is 3.81. The third kappa shape index (κ3) is 5.93. The first-order valence-corrected chi connectivity index (χ1v) is 11.0. The quantitative estimate of drug-likeness (QED) is 0.607. The highest BCUT2D eigenvalue weighted by Crippen LogP contribution is 2.21. The molecule has 0 saturated heterocycles. The van der Waals surface area contributed by atoms with Crippen LogP contribution < -0.4 is 14.2 Å². The van der Waals surface area contributed by atoms with Gasteiger partial charge in [-0.1, -0.05) is 18.2 Å². The molecular formula is C17H23N3O5S2. The van der Waals surface area contributed by atoms with Crippen molar-refractivity contribution in [2.75, 3.05) is 32.0 Å². The zero-order valence-electron chi connectivity index (χ0n) is 15.3. The van der Waals surface area contributed by atoms with Gasteiger partial charge in [0, 0.05) is 20.6 Å². The van der Waals surface area contributed by atoms with E-state index >= 15 is 0 Å². The number of nitrogens with zero attached hydrogens (tertiary/aromatic N) is 1. The van der Waals surface area contributed by atoms with Gasteiger partial charge in [0.2, 0.25) is 0 Å². The Morgan fingerprint density at radius 3 is 2.19 bits per heavy atom. The fraction of sp³-hybridized carbons (Fsp3) is 0.294. The molecule has 10 heteroatoms. The Morgan fingerprint density at radius 1 is 0.963 bits per heavy atom. The number of hydrogen-bond acceptors (Lipinski definition) is 5. The van der Waals surface area contributed by atoms with E-state index < -0.39 is 20.2 Å². The van der Waals surface area contributed by atoms with E-state index in [1.54, 1.807) is 12.1 Å². The van der Waals surface area contributed by atoms with Gasteiger partial charge in [-0.25, -0.2) is 8.42 Å². The highest BCUT2D eigenvalue weighted by atomic mass is 32.2. The Morgan fingerprint density at radius 2 is 1.59 bits per heavy atom. The van der Waals surface area contributed by atoms with Crippen molar-refractivity contribution in [1.82, 2.24) is 9.03 Å². The third-order valence-electron chi connectivity index (χ3n) is 3.66. The minimum Gasteiger partial charge on any atom is -0.492 e. The Bertz CT molecular complexity index is 972. The van der Waals surface area contributed by atoms with Crippen LogP contribution >= 0.6 is 0 Å². The van der Waals surface area contributed by atoms with Crippen molar-refractivity contribution in [3.8, 4) is 5.75 Å². The number of nitrogens with one attached hydrogen (secondary N) is 2. The molecule has 27 heavy (non-hydrogen) atoms. The Hall–Kier alpha value is -2.14. The van der Waals surface area contributed by atoms with Crippen LogP contribution in [0.5, 0.6) is 5.75 Å². The third-order valence-corrected chi connectivity index (χ3v) is 6.57. The molecule has 0 aliphatic carbocycles. The average Bonchev–Trinajstić information content (AvgIpc) is 2.61. The molecule has 2 aromatic rings. The normalized spacial score (nSPS) is 12.1. The van der Waals surface area contributed by atoms with Gasteiger partial charge in [-0.3, -0.25) is 4.72 Å². The molecule has 0 unspecified atom stereocenters. The topological polar surface area (TPSA) is 105 Å². The molecule has 2 aromatic carbocycles. The van der Waals surface area contributed by atoms with Crippen LogP contribution in [0.15, 0.2) is 53.4 Å². The number of benzene rings is 2. The zero-order chi connectivity index (χ0) is 20.1. The number of rotatable bonds is 9. The van der Waals surface area contributed by atoms with Gasteiger partial charge in [-0.05, 0) is 42.8 Å². The van der Waals surface area contributed by atoms with Crippen LogP contribution in [0.25, 0.3) is 0 Å². The molecule has 0 fully saturated rings.